The van der Waals surface area contributed by atoms with E-state index in [9.17, 15) is 0 Å². The van der Waals surface area contributed by atoms with Crippen LogP contribution in [0.5, 0.6) is 0 Å². The van der Waals surface area contributed by atoms with E-state index in [2.05, 4.69) is 263 Å². The van der Waals surface area contributed by atoms with E-state index in [1.807, 2.05) is 0 Å². The fourth-order valence-electron chi connectivity index (χ4n) is 11.7. The van der Waals surface area contributed by atoms with E-state index in [0.717, 1.165) is 47.3 Å². The number of rotatable bonds is 20. The second kappa shape index (κ2) is 38.0. The molecule has 0 heterocycles. The first kappa shape index (κ1) is 81.1. The van der Waals surface area contributed by atoms with Crippen LogP contribution < -0.4 is 46.0 Å². The van der Waals surface area contributed by atoms with Gasteiger partial charge in [0.15, 0.2) is 0 Å². The SMILES string of the molecule is Cc1ccc(C)c2[cH-]c(P(CC(C)C)CC(C)C)cc12.Cc1ccc(C)c2[cH-]c(P(CC(C)C)CC(C)C)cc12.Cc1ccc(C)c2[cH-]c(P(CC(C)C)CC(C)C)cc12.Cc1ccc(C)c2[cH-]c(P(CC(C)C)CC(C)C)cc12.[Cl-].[Cl-].[Ti+2].[Ti+2]. The fourth-order valence-corrected chi connectivity index (χ4v) is 23.5. The molecule has 0 radical (unpaired) electrons. The van der Waals surface area contributed by atoms with Gasteiger partial charge in [-0.25, -0.2) is 0 Å². The van der Waals surface area contributed by atoms with E-state index in [1.54, 1.807) is 21.2 Å². The van der Waals surface area contributed by atoms with Crippen molar-refractivity contribution in [2.45, 2.75) is 166 Å². The zero-order valence-corrected chi connectivity index (χ0v) is 65.3. The monoisotopic (exact) mass is 1310 g/mol. The van der Waals surface area contributed by atoms with Crippen LogP contribution in [0, 0.1) is 103 Å². The van der Waals surface area contributed by atoms with E-state index in [1.165, 1.54) is 137 Å². The molecule has 0 N–H and O–H groups in total. The van der Waals surface area contributed by atoms with Gasteiger partial charge in [-0.05, 0) is 124 Å². The summed E-state index contributed by atoms with van der Waals surface area (Å²) in [5, 5.41) is 18.3. The van der Waals surface area contributed by atoms with Crippen LogP contribution in [-0.4, -0.2) is 49.3 Å². The van der Waals surface area contributed by atoms with Crippen molar-refractivity contribution in [2.75, 3.05) is 49.3 Å². The zero-order chi connectivity index (χ0) is 59.4. The van der Waals surface area contributed by atoms with Crippen LogP contribution in [0.2, 0.25) is 0 Å². The maximum absolute atomic E-state index is 2.48. The molecule has 0 spiro atoms. The van der Waals surface area contributed by atoms with Crippen molar-refractivity contribution in [3.8, 4) is 0 Å². The first-order chi connectivity index (χ1) is 37.5. The summed E-state index contributed by atoms with van der Waals surface area (Å²) in [5.74, 6) is 6.33. The topological polar surface area (TPSA) is 0 Å². The summed E-state index contributed by atoms with van der Waals surface area (Å²) in [4.78, 5) is 0. The van der Waals surface area contributed by atoms with Gasteiger partial charge in [0.2, 0.25) is 0 Å². The van der Waals surface area contributed by atoms with Crippen molar-refractivity contribution in [1.82, 2.24) is 0 Å². The molecule has 0 amide bonds. The summed E-state index contributed by atoms with van der Waals surface area (Å²) in [6.45, 7) is 55.6. The summed E-state index contributed by atoms with van der Waals surface area (Å²) in [6.07, 6.45) is 10.9. The minimum Gasteiger partial charge on any atom is -1.00 e. The fraction of sp³-hybridized carbons (Fsp3) is 0.526. The van der Waals surface area contributed by atoms with Crippen LogP contribution in [0.25, 0.3) is 43.1 Å². The smallest absolute Gasteiger partial charge is 1.00 e. The molecule has 0 aromatic heterocycles. The molecule has 8 rings (SSSR count). The Bertz CT molecular complexity index is 2550. The molecule has 0 aliphatic carbocycles. The molecule has 8 aromatic rings. The molecule has 0 saturated carbocycles. The standard InChI is InChI=1S/4C19H28P.2ClH.2Ti/c4*1-13(2)11-20(12-14(3)4)17-9-18-15(5)7-8-16(6)19(18)10-17;;;;/h4*7-10,13-14H,11-12H2,1-6H3;2*1H;;/q4*-1;;;2*+2/p-2. The van der Waals surface area contributed by atoms with E-state index in [-0.39, 0.29) is 99.9 Å². The zero-order valence-electron chi connectivity index (χ0n) is 57.1. The van der Waals surface area contributed by atoms with Crippen molar-refractivity contribution in [1.29, 1.82) is 0 Å². The average molecular weight is 1320 g/mol. The maximum Gasteiger partial charge on any atom is 2.00 e. The Morgan fingerprint density at radius 2 is 0.381 bits per heavy atom. The molecule has 8 heteroatoms. The minimum atomic E-state index is -0.00626. The second-order valence-electron chi connectivity index (χ2n) is 27.7. The van der Waals surface area contributed by atoms with Crippen molar-refractivity contribution in [3.05, 3.63) is 142 Å². The maximum atomic E-state index is 2.48. The van der Waals surface area contributed by atoms with Crippen molar-refractivity contribution >= 4 is 96.0 Å². The minimum absolute atomic E-state index is 0. The van der Waals surface area contributed by atoms with Gasteiger partial charge in [0.1, 0.15) is 0 Å². The van der Waals surface area contributed by atoms with Gasteiger partial charge in [-0.3, -0.25) is 0 Å². The number of fused-ring (bicyclic) bond motifs is 4. The Hall–Kier alpha value is -0.951. The van der Waals surface area contributed by atoms with Crippen molar-refractivity contribution < 1.29 is 68.2 Å². The van der Waals surface area contributed by atoms with Gasteiger partial charge >= 0.3 is 43.4 Å². The van der Waals surface area contributed by atoms with Crippen LogP contribution >= 0.6 is 31.7 Å². The summed E-state index contributed by atoms with van der Waals surface area (Å²) in [5.41, 5.74) is 11.3. The molecule has 460 valence electrons. The molecule has 0 aliphatic rings. The van der Waals surface area contributed by atoms with Crippen molar-refractivity contribution in [2.24, 2.45) is 47.3 Å². The van der Waals surface area contributed by atoms with Gasteiger partial charge in [0.05, 0.1) is 0 Å². The second-order valence-corrected chi connectivity index (χ2v) is 37.0. The van der Waals surface area contributed by atoms with Gasteiger partial charge in [-0.15, -0.1) is 135 Å². The molecule has 0 bridgehead atoms. The molecule has 0 saturated heterocycles. The Morgan fingerprint density at radius 3 is 0.500 bits per heavy atom. The molecule has 0 nitrogen and oxygen atoms in total. The largest absolute Gasteiger partial charge is 2.00 e. The molecule has 0 unspecified atom stereocenters. The van der Waals surface area contributed by atoms with E-state index >= 15 is 0 Å². The number of hydrogen-bond donors (Lipinski definition) is 0. The Labute approximate surface area is 563 Å². The van der Waals surface area contributed by atoms with E-state index in [0.29, 0.717) is 0 Å². The molecule has 84 heavy (non-hydrogen) atoms. The van der Waals surface area contributed by atoms with Gasteiger partial charge in [0.25, 0.3) is 0 Å². The van der Waals surface area contributed by atoms with E-state index < -0.39 is 0 Å². The summed E-state index contributed by atoms with van der Waals surface area (Å²) < 4.78 is 0. The van der Waals surface area contributed by atoms with E-state index in [4.69, 9.17) is 0 Å². The van der Waals surface area contributed by atoms with Gasteiger partial charge in [-0.1, -0.05) is 217 Å². The van der Waals surface area contributed by atoms with Gasteiger partial charge in [-0.2, -0.15) is 24.3 Å². The molecular weight excluding hydrogens is 1200 g/mol. The molecule has 8 aromatic carbocycles. The molecule has 0 aliphatic heterocycles. The Morgan fingerprint density at radius 1 is 0.250 bits per heavy atom. The van der Waals surface area contributed by atoms with Crippen LogP contribution in [0.3, 0.4) is 0 Å². The van der Waals surface area contributed by atoms with Crippen LogP contribution in [0.4, 0.5) is 0 Å². The predicted molar refractivity (Wildman–Crippen MR) is 380 cm³/mol. The van der Waals surface area contributed by atoms with Crippen LogP contribution in [-0.2, 0) is 43.4 Å². The normalized spacial score (nSPS) is 11.7. The quantitative estimate of drug-likeness (QED) is 0.0405. The van der Waals surface area contributed by atoms with Crippen LogP contribution in [0.15, 0.2) is 97.1 Å². The first-order valence-corrected chi connectivity index (χ1v) is 38.0. The molecule has 0 fully saturated rings. The molecule has 0 atom stereocenters. The Balaban J connectivity index is 0.000000551. The third kappa shape index (κ3) is 24.0. The third-order valence-electron chi connectivity index (χ3n) is 15.4. The summed E-state index contributed by atoms with van der Waals surface area (Å²) in [7, 11) is -0.0250. The Kier molecular flexibility index (Phi) is 36.7. The number of hydrogen-bond acceptors (Lipinski definition) is 0. The van der Waals surface area contributed by atoms with Crippen LogP contribution in [0.1, 0.15) is 155 Å². The third-order valence-corrected chi connectivity index (χ3v) is 28.7. The summed E-state index contributed by atoms with van der Waals surface area (Å²) >= 11 is 0. The average Bonchev–Trinajstić information content (AvgIpc) is 4.19. The van der Waals surface area contributed by atoms with Gasteiger partial charge < -0.3 is 24.8 Å². The van der Waals surface area contributed by atoms with Crippen molar-refractivity contribution in [3.63, 3.8) is 0 Å². The van der Waals surface area contributed by atoms with Gasteiger partial charge in [0, 0.05) is 0 Å². The predicted octanol–water partition coefficient (Wildman–Crippen LogP) is 16.4. The number of aryl methyl sites for hydroxylation is 8. The number of halogens is 2. The molecular formula is C76H112Cl2P4Ti2-2. The first-order valence-electron chi connectivity index (χ1n) is 31.2. The summed E-state index contributed by atoms with van der Waals surface area (Å²) in [6, 6.07) is 37.9. The number of benzene rings is 4.